The second-order valence-electron chi connectivity index (χ2n) is 4.06. The van der Waals surface area contributed by atoms with Crippen molar-refractivity contribution in [2.75, 3.05) is 5.32 Å². The minimum absolute atomic E-state index is 0.178. The zero-order valence-electron chi connectivity index (χ0n) is 9.98. The number of hydrogen-bond acceptors (Lipinski definition) is 4. The fourth-order valence-corrected chi connectivity index (χ4v) is 1.49. The summed E-state index contributed by atoms with van der Waals surface area (Å²) < 4.78 is 5.05. The lowest BCUT2D eigenvalue weighted by Gasteiger charge is -2.02. The number of nitrogens with zero attached hydrogens (tertiary/aromatic N) is 2. The van der Waals surface area contributed by atoms with Gasteiger partial charge in [-0.3, -0.25) is 4.79 Å². The van der Waals surface area contributed by atoms with E-state index in [-0.39, 0.29) is 11.6 Å². The van der Waals surface area contributed by atoms with Crippen molar-refractivity contribution in [1.82, 2.24) is 10.1 Å². The van der Waals surface area contributed by atoms with Gasteiger partial charge in [-0.15, -0.1) is 0 Å². The van der Waals surface area contributed by atoms with Crippen molar-refractivity contribution in [3.63, 3.8) is 0 Å². The Morgan fingerprint density at radius 3 is 2.89 bits per heavy atom. The molecule has 5 nitrogen and oxygen atoms in total. The first kappa shape index (κ1) is 12.6. The third kappa shape index (κ3) is 2.68. The number of pyridine rings is 1. The van der Waals surface area contributed by atoms with Crippen LogP contribution >= 0.6 is 11.6 Å². The van der Waals surface area contributed by atoms with Crippen LogP contribution in [0.5, 0.6) is 0 Å². The molecule has 2 aromatic heterocycles. The molecule has 0 aliphatic carbocycles. The van der Waals surface area contributed by atoms with Gasteiger partial charge in [0, 0.05) is 18.2 Å². The van der Waals surface area contributed by atoms with E-state index in [1.54, 1.807) is 24.4 Å². The van der Waals surface area contributed by atoms with E-state index in [0.29, 0.717) is 16.6 Å². The standard InChI is InChI=1S/C12H12ClN3O2/c1-7(2)10-6-9(16-18-10)12(17)15-11-8(13)4-3-5-14-11/h3-7H,1-2H3,(H,14,15,17). The van der Waals surface area contributed by atoms with Crippen LogP contribution in [-0.4, -0.2) is 16.0 Å². The number of carbonyl (C=O) groups excluding carboxylic acids is 1. The maximum Gasteiger partial charge on any atom is 0.279 e. The van der Waals surface area contributed by atoms with E-state index in [9.17, 15) is 4.79 Å². The van der Waals surface area contributed by atoms with Gasteiger partial charge in [0.25, 0.3) is 5.91 Å². The molecule has 6 heteroatoms. The molecule has 0 aliphatic rings. The summed E-state index contributed by atoms with van der Waals surface area (Å²) >= 11 is 5.89. The SMILES string of the molecule is CC(C)c1cc(C(=O)Nc2ncccc2Cl)no1. The third-order valence-corrected chi connectivity index (χ3v) is 2.63. The van der Waals surface area contributed by atoms with Gasteiger partial charge >= 0.3 is 0 Å². The zero-order chi connectivity index (χ0) is 13.1. The van der Waals surface area contributed by atoms with Gasteiger partial charge in [-0.2, -0.15) is 0 Å². The predicted molar refractivity (Wildman–Crippen MR) is 67.8 cm³/mol. The molecule has 0 saturated carbocycles. The first-order valence-corrected chi connectivity index (χ1v) is 5.84. The summed E-state index contributed by atoms with van der Waals surface area (Å²) in [7, 11) is 0. The Morgan fingerprint density at radius 1 is 1.50 bits per heavy atom. The van der Waals surface area contributed by atoms with Crippen LogP contribution in [0, 0.1) is 0 Å². The summed E-state index contributed by atoms with van der Waals surface area (Å²) in [5.74, 6) is 0.745. The largest absolute Gasteiger partial charge is 0.360 e. The average molecular weight is 266 g/mol. The molecular weight excluding hydrogens is 254 g/mol. The highest BCUT2D eigenvalue weighted by molar-refractivity contribution is 6.33. The quantitative estimate of drug-likeness (QED) is 0.926. The number of aromatic nitrogens is 2. The molecule has 0 radical (unpaired) electrons. The van der Waals surface area contributed by atoms with E-state index in [4.69, 9.17) is 16.1 Å². The second-order valence-corrected chi connectivity index (χ2v) is 4.46. The number of hydrogen-bond donors (Lipinski definition) is 1. The van der Waals surface area contributed by atoms with Gasteiger partial charge < -0.3 is 9.84 Å². The Morgan fingerprint density at radius 2 is 2.28 bits per heavy atom. The summed E-state index contributed by atoms with van der Waals surface area (Å²) in [4.78, 5) is 15.8. The number of amides is 1. The number of anilines is 1. The monoisotopic (exact) mass is 265 g/mol. The van der Waals surface area contributed by atoms with E-state index in [1.165, 1.54) is 0 Å². The third-order valence-electron chi connectivity index (χ3n) is 2.32. The summed E-state index contributed by atoms with van der Waals surface area (Å²) in [6.45, 7) is 3.91. The van der Waals surface area contributed by atoms with Crippen molar-refractivity contribution in [2.45, 2.75) is 19.8 Å². The Kier molecular flexibility index (Phi) is 3.62. The normalized spacial score (nSPS) is 10.7. The zero-order valence-corrected chi connectivity index (χ0v) is 10.7. The first-order chi connectivity index (χ1) is 8.58. The van der Waals surface area contributed by atoms with Gasteiger partial charge in [0.1, 0.15) is 5.76 Å². The molecule has 0 fully saturated rings. The maximum atomic E-state index is 11.9. The Bertz CT molecular complexity index is 566. The summed E-state index contributed by atoms with van der Waals surface area (Å²) in [5.41, 5.74) is 0.209. The first-order valence-electron chi connectivity index (χ1n) is 5.46. The lowest BCUT2D eigenvalue weighted by atomic mass is 10.1. The van der Waals surface area contributed by atoms with Crippen molar-refractivity contribution in [3.8, 4) is 0 Å². The molecular formula is C12H12ClN3O2. The van der Waals surface area contributed by atoms with Crippen LogP contribution in [0.4, 0.5) is 5.82 Å². The van der Waals surface area contributed by atoms with Crippen LogP contribution in [-0.2, 0) is 0 Å². The highest BCUT2D eigenvalue weighted by Gasteiger charge is 2.15. The van der Waals surface area contributed by atoms with Gasteiger partial charge in [-0.25, -0.2) is 4.98 Å². The Hall–Kier alpha value is -1.88. The fraction of sp³-hybridized carbons (Fsp3) is 0.250. The summed E-state index contributed by atoms with van der Waals surface area (Å²) in [6, 6.07) is 4.94. The molecule has 2 rings (SSSR count). The van der Waals surface area contributed by atoms with Crippen LogP contribution in [0.15, 0.2) is 28.9 Å². The molecule has 2 heterocycles. The van der Waals surface area contributed by atoms with Crippen LogP contribution in [0.25, 0.3) is 0 Å². The molecule has 0 saturated heterocycles. The Labute approximate surface area is 109 Å². The molecule has 0 aromatic carbocycles. The molecule has 1 N–H and O–H groups in total. The molecule has 0 aliphatic heterocycles. The minimum atomic E-state index is -0.397. The molecule has 0 spiro atoms. The van der Waals surface area contributed by atoms with Crippen molar-refractivity contribution in [3.05, 3.63) is 40.9 Å². The fourth-order valence-electron chi connectivity index (χ4n) is 1.32. The molecule has 0 bridgehead atoms. The van der Waals surface area contributed by atoms with Crippen LogP contribution in [0.3, 0.4) is 0 Å². The highest BCUT2D eigenvalue weighted by atomic mass is 35.5. The van der Waals surface area contributed by atoms with Crippen molar-refractivity contribution in [1.29, 1.82) is 0 Å². The van der Waals surface area contributed by atoms with E-state index < -0.39 is 5.91 Å². The topological polar surface area (TPSA) is 68.0 Å². The number of carbonyl (C=O) groups is 1. The van der Waals surface area contributed by atoms with Gasteiger partial charge in [0.05, 0.1) is 5.02 Å². The van der Waals surface area contributed by atoms with E-state index in [0.717, 1.165) is 0 Å². The van der Waals surface area contributed by atoms with Crippen molar-refractivity contribution in [2.24, 2.45) is 0 Å². The molecule has 2 aromatic rings. The Balaban J connectivity index is 2.15. The van der Waals surface area contributed by atoms with Gasteiger partial charge in [-0.05, 0) is 12.1 Å². The van der Waals surface area contributed by atoms with E-state index in [1.807, 2.05) is 13.8 Å². The number of nitrogens with one attached hydrogen (secondary N) is 1. The lowest BCUT2D eigenvalue weighted by Crippen LogP contribution is -2.13. The second kappa shape index (κ2) is 5.18. The van der Waals surface area contributed by atoms with Crippen LogP contribution < -0.4 is 5.32 Å². The highest BCUT2D eigenvalue weighted by Crippen LogP contribution is 2.19. The molecule has 1 amide bonds. The molecule has 18 heavy (non-hydrogen) atoms. The maximum absolute atomic E-state index is 11.9. The van der Waals surface area contributed by atoms with Crippen LogP contribution in [0.2, 0.25) is 5.02 Å². The van der Waals surface area contributed by atoms with E-state index >= 15 is 0 Å². The van der Waals surface area contributed by atoms with Crippen molar-refractivity contribution < 1.29 is 9.32 Å². The lowest BCUT2D eigenvalue weighted by molar-refractivity contribution is 0.101. The van der Waals surface area contributed by atoms with Gasteiger partial charge in [-0.1, -0.05) is 30.6 Å². The smallest absolute Gasteiger partial charge is 0.279 e. The molecule has 94 valence electrons. The predicted octanol–water partition coefficient (Wildman–Crippen LogP) is 3.10. The molecule has 0 atom stereocenters. The number of rotatable bonds is 3. The van der Waals surface area contributed by atoms with Crippen molar-refractivity contribution >= 4 is 23.3 Å². The van der Waals surface area contributed by atoms with Gasteiger partial charge in [0.15, 0.2) is 11.5 Å². The van der Waals surface area contributed by atoms with Gasteiger partial charge in [0.2, 0.25) is 0 Å². The van der Waals surface area contributed by atoms with E-state index in [2.05, 4.69) is 15.5 Å². The average Bonchev–Trinajstić information content (AvgIpc) is 2.81. The minimum Gasteiger partial charge on any atom is -0.360 e. The summed E-state index contributed by atoms with van der Waals surface area (Å²) in [6.07, 6.45) is 1.55. The number of halogens is 1. The van der Waals surface area contributed by atoms with Crippen LogP contribution in [0.1, 0.15) is 36.0 Å². The molecule has 0 unspecified atom stereocenters. The summed E-state index contributed by atoms with van der Waals surface area (Å²) in [5, 5.41) is 6.65.